The van der Waals surface area contributed by atoms with Crippen LogP contribution in [0.3, 0.4) is 0 Å². The third-order valence-electron chi connectivity index (χ3n) is 2.71. The minimum absolute atomic E-state index is 0.127. The van der Waals surface area contributed by atoms with Crippen LogP contribution in [0.15, 0.2) is 24.3 Å². The van der Waals surface area contributed by atoms with E-state index in [-0.39, 0.29) is 17.2 Å². The number of carbonyl (C=O) groups is 2. The lowest BCUT2D eigenvalue weighted by Gasteiger charge is -2.17. The second kappa shape index (κ2) is 7.37. The molecule has 7 nitrogen and oxygen atoms in total. The average Bonchev–Trinajstić information content (AvgIpc) is 2.45. The van der Waals surface area contributed by atoms with Gasteiger partial charge in [-0.2, -0.15) is 0 Å². The molecule has 0 N–H and O–H groups in total. The maximum atomic E-state index is 11.9. The molecule has 0 saturated heterocycles. The molecule has 0 fully saturated rings. The van der Waals surface area contributed by atoms with Crippen molar-refractivity contribution in [2.45, 2.75) is 26.4 Å². The number of nitrogens with zero attached hydrogens (tertiary/aromatic N) is 1. The molecular formula is C14H17NO6. The molecule has 0 heterocycles. The number of carbonyl (C=O) groups excluding carboxylic acids is 2. The molecule has 0 radical (unpaired) electrons. The summed E-state index contributed by atoms with van der Waals surface area (Å²) in [6, 6.07) is 4.97. The normalized spacial score (nSPS) is 11.8. The number of non-ortho nitro benzene ring substituents is 1. The summed E-state index contributed by atoms with van der Waals surface area (Å²) in [6.45, 7) is 3.77. The highest BCUT2D eigenvalue weighted by Gasteiger charge is 2.25. The van der Waals surface area contributed by atoms with E-state index < -0.39 is 23.0 Å². The highest BCUT2D eigenvalue weighted by Crippen LogP contribution is 2.16. The summed E-state index contributed by atoms with van der Waals surface area (Å²) in [6.07, 6.45) is -0.650. The number of methoxy groups -OCH3 is 1. The van der Waals surface area contributed by atoms with Crippen LogP contribution >= 0.6 is 0 Å². The highest BCUT2D eigenvalue weighted by atomic mass is 16.6. The zero-order valence-corrected chi connectivity index (χ0v) is 12.1. The number of nitro benzene ring substituents is 1. The molecule has 0 saturated carbocycles. The Morgan fingerprint density at radius 3 is 2.24 bits per heavy atom. The van der Waals surface area contributed by atoms with Gasteiger partial charge in [-0.25, -0.2) is 9.59 Å². The van der Waals surface area contributed by atoms with E-state index in [1.54, 1.807) is 0 Å². The smallest absolute Gasteiger partial charge is 0.347 e. The van der Waals surface area contributed by atoms with E-state index in [9.17, 15) is 19.7 Å². The third-order valence-corrected chi connectivity index (χ3v) is 2.71. The Morgan fingerprint density at radius 1 is 1.24 bits per heavy atom. The van der Waals surface area contributed by atoms with Crippen LogP contribution in [0, 0.1) is 16.0 Å². The summed E-state index contributed by atoms with van der Waals surface area (Å²) in [5.74, 6) is -1.21. The monoisotopic (exact) mass is 295 g/mol. The first kappa shape index (κ1) is 16.6. The third kappa shape index (κ3) is 4.87. The van der Waals surface area contributed by atoms with E-state index in [1.165, 1.54) is 31.4 Å². The van der Waals surface area contributed by atoms with Crippen molar-refractivity contribution in [2.24, 2.45) is 5.92 Å². The zero-order chi connectivity index (χ0) is 16.0. The Morgan fingerprint density at radius 2 is 1.81 bits per heavy atom. The number of hydrogen-bond acceptors (Lipinski definition) is 6. The Hall–Kier alpha value is -2.44. The molecule has 0 aliphatic heterocycles. The standard InChI is InChI=1S/C14H17NO6/c1-9(2)8-12(14(17)20-3)21-13(16)10-4-6-11(7-5-10)15(18)19/h4-7,9,12H,8H2,1-3H3. The van der Waals surface area contributed by atoms with Crippen molar-refractivity contribution in [3.05, 3.63) is 39.9 Å². The number of nitro groups is 1. The maximum Gasteiger partial charge on any atom is 0.347 e. The molecular weight excluding hydrogens is 278 g/mol. The summed E-state index contributed by atoms with van der Waals surface area (Å²) in [5, 5.41) is 10.5. The number of esters is 2. The van der Waals surface area contributed by atoms with E-state index in [1.807, 2.05) is 13.8 Å². The van der Waals surface area contributed by atoms with Crippen LogP contribution < -0.4 is 0 Å². The molecule has 0 bridgehead atoms. The van der Waals surface area contributed by atoms with E-state index in [4.69, 9.17) is 4.74 Å². The van der Waals surface area contributed by atoms with Crippen molar-refractivity contribution >= 4 is 17.6 Å². The van der Waals surface area contributed by atoms with E-state index in [0.717, 1.165) is 0 Å². The van der Waals surface area contributed by atoms with Crippen molar-refractivity contribution in [1.82, 2.24) is 0 Å². The first-order valence-electron chi connectivity index (χ1n) is 6.38. The van der Waals surface area contributed by atoms with Crippen LogP contribution in [0.1, 0.15) is 30.6 Å². The zero-order valence-electron chi connectivity index (χ0n) is 12.1. The van der Waals surface area contributed by atoms with Gasteiger partial charge in [-0.3, -0.25) is 10.1 Å². The summed E-state index contributed by atoms with van der Waals surface area (Å²) in [7, 11) is 1.22. The minimum atomic E-state index is -0.988. The van der Waals surface area contributed by atoms with E-state index >= 15 is 0 Å². The SMILES string of the molecule is COC(=O)C(CC(C)C)OC(=O)c1ccc([N+](=O)[O-])cc1. The predicted octanol–water partition coefficient (Wildman–Crippen LogP) is 2.34. The van der Waals surface area contributed by atoms with Gasteiger partial charge in [0.05, 0.1) is 17.6 Å². The first-order valence-corrected chi connectivity index (χ1v) is 6.38. The van der Waals surface area contributed by atoms with E-state index in [2.05, 4.69) is 4.74 Å². The van der Waals surface area contributed by atoms with E-state index in [0.29, 0.717) is 6.42 Å². The largest absolute Gasteiger partial charge is 0.466 e. The van der Waals surface area contributed by atoms with Gasteiger partial charge in [0, 0.05) is 12.1 Å². The van der Waals surface area contributed by atoms with Crippen LogP contribution in [-0.4, -0.2) is 30.1 Å². The van der Waals surface area contributed by atoms with Crippen LogP contribution in [0.25, 0.3) is 0 Å². The summed E-state index contributed by atoms with van der Waals surface area (Å²) in [5.41, 5.74) is 0.0107. The van der Waals surface area contributed by atoms with Gasteiger partial charge < -0.3 is 9.47 Å². The maximum absolute atomic E-state index is 11.9. The second-order valence-electron chi connectivity index (χ2n) is 4.85. The molecule has 0 aliphatic carbocycles. The lowest BCUT2D eigenvalue weighted by atomic mass is 10.1. The fraction of sp³-hybridized carbons (Fsp3) is 0.429. The number of benzene rings is 1. The summed E-state index contributed by atoms with van der Waals surface area (Å²) < 4.78 is 9.71. The highest BCUT2D eigenvalue weighted by molar-refractivity contribution is 5.91. The fourth-order valence-electron chi connectivity index (χ4n) is 1.67. The Bertz CT molecular complexity index is 523. The molecule has 1 rings (SSSR count). The Kier molecular flexibility index (Phi) is 5.83. The molecule has 21 heavy (non-hydrogen) atoms. The van der Waals surface area contributed by atoms with Gasteiger partial charge in [-0.05, 0) is 24.5 Å². The lowest BCUT2D eigenvalue weighted by Crippen LogP contribution is -2.29. The quantitative estimate of drug-likeness (QED) is 0.454. The van der Waals surface area contributed by atoms with Gasteiger partial charge in [-0.15, -0.1) is 0 Å². The molecule has 7 heteroatoms. The van der Waals surface area contributed by atoms with Gasteiger partial charge in [0.25, 0.3) is 5.69 Å². The molecule has 0 amide bonds. The average molecular weight is 295 g/mol. The van der Waals surface area contributed by atoms with Crippen LogP contribution in [0.4, 0.5) is 5.69 Å². The number of hydrogen-bond donors (Lipinski definition) is 0. The van der Waals surface area contributed by atoms with Gasteiger partial charge >= 0.3 is 11.9 Å². The number of ether oxygens (including phenoxy) is 2. The van der Waals surface area contributed by atoms with Crippen LogP contribution in [-0.2, 0) is 14.3 Å². The van der Waals surface area contributed by atoms with Crippen molar-refractivity contribution < 1.29 is 24.0 Å². The summed E-state index contributed by atoms with van der Waals surface area (Å²) >= 11 is 0. The van der Waals surface area contributed by atoms with Crippen molar-refractivity contribution in [1.29, 1.82) is 0 Å². The fourth-order valence-corrected chi connectivity index (χ4v) is 1.67. The van der Waals surface area contributed by atoms with Crippen molar-refractivity contribution in [2.75, 3.05) is 7.11 Å². The van der Waals surface area contributed by atoms with Crippen LogP contribution in [0.5, 0.6) is 0 Å². The summed E-state index contributed by atoms with van der Waals surface area (Å²) in [4.78, 5) is 33.5. The predicted molar refractivity (Wildman–Crippen MR) is 73.8 cm³/mol. The molecule has 0 spiro atoms. The minimum Gasteiger partial charge on any atom is -0.466 e. The Balaban J connectivity index is 2.81. The molecule has 1 unspecified atom stereocenters. The topological polar surface area (TPSA) is 95.7 Å². The lowest BCUT2D eigenvalue weighted by molar-refractivity contribution is -0.384. The van der Waals surface area contributed by atoms with Crippen molar-refractivity contribution in [3.8, 4) is 0 Å². The molecule has 114 valence electrons. The van der Waals surface area contributed by atoms with Gasteiger partial charge in [0.2, 0.25) is 0 Å². The molecule has 1 atom stereocenters. The molecule has 1 aromatic carbocycles. The first-order chi connectivity index (χ1) is 9.85. The molecule has 0 aromatic heterocycles. The van der Waals surface area contributed by atoms with Crippen molar-refractivity contribution in [3.63, 3.8) is 0 Å². The van der Waals surface area contributed by atoms with Gasteiger partial charge in [0.1, 0.15) is 0 Å². The molecule has 1 aromatic rings. The second-order valence-corrected chi connectivity index (χ2v) is 4.85. The Labute approximate surface area is 122 Å². The van der Waals surface area contributed by atoms with Crippen LogP contribution in [0.2, 0.25) is 0 Å². The number of rotatable bonds is 6. The van der Waals surface area contributed by atoms with Gasteiger partial charge in [-0.1, -0.05) is 13.8 Å². The van der Waals surface area contributed by atoms with Gasteiger partial charge in [0.15, 0.2) is 6.10 Å². The molecule has 0 aliphatic rings.